The van der Waals surface area contributed by atoms with Crippen LogP contribution in [-0.2, 0) is 9.47 Å². The Kier molecular flexibility index (Phi) is 3.39. The van der Waals surface area contributed by atoms with Gasteiger partial charge in [-0.1, -0.05) is 0 Å². The van der Waals surface area contributed by atoms with Crippen molar-refractivity contribution in [1.82, 2.24) is 9.97 Å². The van der Waals surface area contributed by atoms with Crippen molar-refractivity contribution in [3.63, 3.8) is 0 Å². The van der Waals surface area contributed by atoms with Crippen molar-refractivity contribution in [2.75, 3.05) is 31.8 Å². The predicted molar refractivity (Wildman–Crippen MR) is 70.4 cm³/mol. The zero-order valence-electron chi connectivity index (χ0n) is 11.1. The third-order valence-electron chi connectivity index (χ3n) is 3.40. The fraction of sp³-hybridized carbons (Fsp3) is 0.583. The molecule has 3 rings (SSSR count). The Balaban J connectivity index is 2.11. The summed E-state index contributed by atoms with van der Waals surface area (Å²) in [5, 5.41) is -0.00732. The van der Waals surface area contributed by atoms with Gasteiger partial charge in [0.05, 0.1) is 32.4 Å². The highest BCUT2D eigenvalue weighted by atomic mass is 35.5. The minimum absolute atomic E-state index is 0.00732. The van der Waals surface area contributed by atoms with Crippen molar-refractivity contribution >= 4 is 23.4 Å². The molecule has 1 saturated heterocycles. The van der Waals surface area contributed by atoms with Gasteiger partial charge in [-0.3, -0.25) is 0 Å². The topological polar surface area (TPSA) is 73.8 Å². The molecule has 0 bridgehead atoms. The Hall–Kier alpha value is -1.60. The van der Waals surface area contributed by atoms with E-state index in [9.17, 15) is 4.79 Å². The number of hydrogen-bond donors (Lipinski definition) is 0. The molecule has 1 aromatic heterocycles. The molecule has 1 aromatic rings. The molecule has 0 amide bonds. The number of nitrogens with zero attached hydrogens (tertiary/aromatic N) is 3. The first-order chi connectivity index (χ1) is 9.61. The molecular weight excluding hydrogens is 286 g/mol. The quantitative estimate of drug-likeness (QED) is 0.563. The lowest BCUT2D eigenvalue weighted by Crippen LogP contribution is -2.56. The number of halogens is 1. The van der Waals surface area contributed by atoms with Crippen molar-refractivity contribution in [1.29, 1.82) is 0 Å². The van der Waals surface area contributed by atoms with Gasteiger partial charge in [0.25, 0.3) is 0 Å². The lowest BCUT2D eigenvalue weighted by atomic mass is 10.1. The summed E-state index contributed by atoms with van der Waals surface area (Å²) in [6.07, 6.45) is 0. The number of morpholine rings is 1. The van der Waals surface area contributed by atoms with Crippen LogP contribution in [0.15, 0.2) is 0 Å². The van der Waals surface area contributed by atoms with Crippen molar-refractivity contribution in [3.8, 4) is 5.75 Å². The van der Waals surface area contributed by atoms with Crippen molar-refractivity contribution < 1.29 is 19.0 Å². The fourth-order valence-corrected chi connectivity index (χ4v) is 2.70. The summed E-state index contributed by atoms with van der Waals surface area (Å²) in [7, 11) is 1.29. The second-order valence-electron chi connectivity index (χ2n) is 4.74. The Morgan fingerprint density at radius 2 is 2.20 bits per heavy atom. The molecule has 2 aliphatic heterocycles. The molecule has 8 heteroatoms. The molecule has 2 atom stereocenters. The predicted octanol–water partition coefficient (Wildman–Crippen LogP) is 0.903. The second-order valence-corrected chi connectivity index (χ2v) is 5.08. The van der Waals surface area contributed by atoms with Crippen LogP contribution in [0.2, 0.25) is 5.28 Å². The van der Waals surface area contributed by atoms with Crippen LogP contribution in [0.3, 0.4) is 0 Å². The summed E-state index contributed by atoms with van der Waals surface area (Å²) >= 11 is 5.92. The molecule has 3 heterocycles. The van der Waals surface area contributed by atoms with E-state index < -0.39 is 5.97 Å². The summed E-state index contributed by atoms with van der Waals surface area (Å²) in [4.78, 5) is 22.0. The van der Waals surface area contributed by atoms with Gasteiger partial charge in [0.2, 0.25) is 5.28 Å². The smallest absolute Gasteiger partial charge is 0.360 e. The number of fused-ring (bicyclic) bond motifs is 3. The number of esters is 1. The number of aromatic nitrogens is 2. The average molecular weight is 300 g/mol. The van der Waals surface area contributed by atoms with E-state index >= 15 is 0 Å². The van der Waals surface area contributed by atoms with E-state index in [1.165, 1.54) is 7.11 Å². The molecule has 0 aliphatic carbocycles. The maximum absolute atomic E-state index is 11.8. The van der Waals surface area contributed by atoms with E-state index in [4.69, 9.17) is 25.8 Å². The van der Waals surface area contributed by atoms with Gasteiger partial charge in [-0.05, 0) is 18.5 Å². The Bertz CT molecular complexity index is 554. The zero-order chi connectivity index (χ0) is 14.3. The van der Waals surface area contributed by atoms with Gasteiger partial charge in [-0.15, -0.1) is 0 Å². The molecule has 20 heavy (non-hydrogen) atoms. The lowest BCUT2D eigenvalue weighted by Gasteiger charge is -2.44. The zero-order valence-corrected chi connectivity index (χ0v) is 11.9. The lowest BCUT2D eigenvalue weighted by molar-refractivity contribution is 0.0466. The summed E-state index contributed by atoms with van der Waals surface area (Å²) in [5.41, 5.74) is 0.0552. The molecule has 7 nitrogen and oxygen atoms in total. The van der Waals surface area contributed by atoms with E-state index in [1.807, 2.05) is 6.92 Å². The first-order valence-electron chi connectivity index (χ1n) is 6.26. The van der Waals surface area contributed by atoms with Crippen LogP contribution in [0, 0.1) is 0 Å². The number of ether oxygens (including phenoxy) is 3. The van der Waals surface area contributed by atoms with Crippen LogP contribution >= 0.6 is 11.6 Å². The van der Waals surface area contributed by atoms with Crippen LogP contribution in [0.25, 0.3) is 0 Å². The third-order valence-corrected chi connectivity index (χ3v) is 3.57. The highest BCUT2D eigenvalue weighted by molar-refractivity contribution is 6.28. The van der Waals surface area contributed by atoms with Gasteiger partial charge < -0.3 is 19.1 Å². The minimum Gasteiger partial charge on any atom is -0.485 e. The van der Waals surface area contributed by atoms with Gasteiger partial charge in [0.1, 0.15) is 6.61 Å². The molecule has 0 unspecified atom stereocenters. The number of hydrogen-bond acceptors (Lipinski definition) is 7. The van der Waals surface area contributed by atoms with E-state index in [1.54, 1.807) is 0 Å². The van der Waals surface area contributed by atoms with Crippen LogP contribution < -0.4 is 9.64 Å². The molecule has 108 valence electrons. The highest BCUT2D eigenvalue weighted by Gasteiger charge is 2.38. The van der Waals surface area contributed by atoms with E-state index in [2.05, 4.69) is 14.9 Å². The third kappa shape index (κ3) is 2.06. The van der Waals surface area contributed by atoms with Gasteiger partial charge in [0.15, 0.2) is 17.3 Å². The highest BCUT2D eigenvalue weighted by Crippen LogP contribution is 2.38. The second kappa shape index (κ2) is 5.06. The normalized spacial score (nSPS) is 24.4. The van der Waals surface area contributed by atoms with Crippen molar-refractivity contribution in [3.05, 3.63) is 11.0 Å². The minimum atomic E-state index is -0.593. The van der Waals surface area contributed by atoms with Gasteiger partial charge in [-0.2, -0.15) is 4.98 Å². The molecule has 0 spiro atoms. The number of carbonyl (C=O) groups excluding carboxylic acids is 1. The fourth-order valence-electron chi connectivity index (χ4n) is 2.54. The van der Waals surface area contributed by atoms with E-state index in [0.717, 1.165) is 0 Å². The maximum atomic E-state index is 11.8. The SMILES string of the molecule is COC(=O)c1nc(Cl)nc2c1OC[C@H]1COC[C@@H](C)N21. The number of carbonyl (C=O) groups is 1. The largest absolute Gasteiger partial charge is 0.485 e. The Labute approximate surface area is 120 Å². The van der Waals surface area contributed by atoms with Crippen molar-refractivity contribution in [2.24, 2.45) is 0 Å². The van der Waals surface area contributed by atoms with E-state index in [0.29, 0.717) is 31.4 Å². The summed E-state index contributed by atoms with van der Waals surface area (Å²) in [5.74, 6) is 0.258. The number of methoxy groups -OCH3 is 1. The molecular formula is C12H14ClN3O4. The number of rotatable bonds is 1. The van der Waals surface area contributed by atoms with E-state index in [-0.39, 0.29) is 23.1 Å². The van der Waals surface area contributed by atoms with Gasteiger partial charge >= 0.3 is 5.97 Å². The molecule has 0 saturated carbocycles. The van der Waals surface area contributed by atoms with Crippen LogP contribution in [0.5, 0.6) is 5.75 Å². The molecule has 0 aromatic carbocycles. The summed E-state index contributed by atoms with van der Waals surface area (Å²) in [6.45, 7) is 3.57. The van der Waals surface area contributed by atoms with Crippen LogP contribution in [-0.4, -0.2) is 55.0 Å². The van der Waals surface area contributed by atoms with Gasteiger partial charge in [0, 0.05) is 0 Å². The maximum Gasteiger partial charge on any atom is 0.360 e. The molecule has 1 fully saturated rings. The van der Waals surface area contributed by atoms with Crippen molar-refractivity contribution in [2.45, 2.75) is 19.0 Å². The number of anilines is 1. The monoisotopic (exact) mass is 299 g/mol. The molecule has 0 N–H and O–H groups in total. The van der Waals surface area contributed by atoms with Crippen LogP contribution in [0.1, 0.15) is 17.4 Å². The average Bonchev–Trinajstić information content (AvgIpc) is 2.45. The summed E-state index contributed by atoms with van der Waals surface area (Å²) in [6, 6.07) is 0.176. The molecule has 0 radical (unpaired) electrons. The standard InChI is InChI=1S/C12H14ClN3O4/c1-6-3-19-4-7-5-20-9-8(11(17)18-2)14-12(13)15-10(9)16(6)7/h6-7H,3-5H2,1-2H3/t6-,7-/m1/s1. The van der Waals surface area contributed by atoms with Crippen LogP contribution in [0.4, 0.5) is 5.82 Å². The molecule has 2 aliphatic rings. The first-order valence-corrected chi connectivity index (χ1v) is 6.64. The first kappa shape index (κ1) is 13.4. The van der Waals surface area contributed by atoms with Gasteiger partial charge in [-0.25, -0.2) is 9.78 Å². The Morgan fingerprint density at radius 1 is 1.40 bits per heavy atom. The summed E-state index contributed by atoms with van der Waals surface area (Å²) < 4.78 is 15.9. The Morgan fingerprint density at radius 3 is 2.95 bits per heavy atom.